The van der Waals surface area contributed by atoms with E-state index in [2.05, 4.69) is 35.9 Å². The van der Waals surface area contributed by atoms with E-state index in [4.69, 9.17) is 0 Å². The molecular formula is C17H33N3O. The minimum atomic E-state index is 0.0660. The Morgan fingerprint density at radius 2 is 1.62 bits per heavy atom. The number of hydrogen-bond donors (Lipinski definition) is 1. The molecule has 2 aliphatic rings. The minimum Gasteiger partial charge on any atom is -0.340 e. The Kier molecular flexibility index (Phi) is 5.31. The number of amides is 1. The van der Waals surface area contributed by atoms with Gasteiger partial charge < -0.3 is 10.2 Å². The molecule has 2 fully saturated rings. The van der Waals surface area contributed by atoms with Crippen LogP contribution in [0.1, 0.15) is 59.3 Å². The van der Waals surface area contributed by atoms with Crippen LogP contribution in [-0.4, -0.2) is 60.0 Å². The van der Waals surface area contributed by atoms with Gasteiger partial charge in [0.15, 0.2) is 0 Å². The van der Waals surface area contributed by atoms with E-state index in [9.17, 15) is 4.79 Å². The molecule has 0 radical (unpaired) electrons. The Bertz CT molecular complexity index is 348. The van der Waals surface area contributed by atoms with Gasteiger partial charge in [-0.05, 0) is 40.7 Å². The SMILES string of the molecule is CNC1(CC(=O)N2CCN(C(C)(C)C)CC2)CCCCC1. The first-order valence-corrected chi connectivity index (χ1v) is 8.58. The summed E-state index contributed by atoms with van der Waals surface area (Å²) in [6, 6.07) is 0. The van der Waals surface area contributed by atoms with Crippen molar-refractivity contribution < 1.29 is 4.79 Å². The topological polar surface area (TPSA) is 35.6 Å². The first-order valence-electron chi connectivity index (χ1n) is 8.58. The summed E-state index contributed by atoms with van der Waals surface area (Å²) in [5.41, 5.74) is 0.279. The van der Waals surface area contributed by atoms with Gasteiger partial charge in [-0.2, -0.15) is 0 Å². The highest BCUT2D eigenvalue weighted by molar-refractivity contribution is 5.77. The van der Waals surface area contributed by atoms with Crippen molar-refractivity contribution in [1.82, 2.24) is 15.1 Å². The summed E-state index contributed by atoms with van der Waals surface area (Å²) in [4.78, 5) is 17.2. The zero-order valence-electron chi connectivity index (χ0n) is 14.4. The molecule has 1 saturated carbocycles. The highest BCUT2D eigenvalue weighted by Gasteiger charge is 2.35. The zero-order chi connectivity index (χ0) is 15.5. The fourth-order valence-electron chi connectivity index (χ4n) is 3.77. The lowest BCUT2D eigenvalue weighted by molar-refractivity contribution is -0.135. The van der Waals surface area contributed by atoms with Gasteiger partial charge in [0.2, 0.25) is 5.91 Å². The molecule has 1 aliphatic heterocycles. The van der Waals surface area contributed by atoms with Crippen LogP contribution < -0.4 is 5.32 Å². The normalized spacial score (nSPS) is 24.1. The highest BCUT2D eigenvalue weighted by atomic mass is 16.2. The summed E-state index contributed by atoms with van der Waals surface area (Å²) in [6.07, 6.45) is 6.81. The minimum absolute atomic E-state index is 0.0660. The van der Waals surface area contributed by atoms with Crippen LogP contribution in [0.15, 0.2) is 0 Å². The maximum absolute atomic E-state index is 12.7. The summed E-state index contributed by atoms with van der Waals surface area (Å²) in [6.45, 7) is 10.5. The molecule has 0 unspecified atom stereocenters. The first kappa shape index (κ1) is 16.8. The summed E-state index contributed by atoms with van der Waals surface area (Å²) >= 11 is 0. The van der Waals surface area contributed by atoms with E-state index < -0.39 is 0 Å². The highest BCUT2D eigenvalue weighted by Crippen LogP contribution is 2.31. The van der Waals surface area contributed by atoms with Crippen molar-refractivity contribution in [3.05, 3.63) is 0 Å². The second kappa shape index (κ2) is 6.66. The van der Waals surface area contributed by atoms with Crippen LogP contribution in [0.5, 0.6) is 0 Å². The van der Waals surface area contributed by atoms with Gasteiger partial charge in [0, 0.05) is 43.7 Å². The van der Waals surface area contributed by atoms with E-state index in [1.807, 2.05) is 7.05 Å². The summed E-state index contributed by atoms with van der Waals surface area (Å²) in [7, 11) is 2.02. The molecule has 0 spiro atoms. The van der Waals surface area contributed by atoms with Gasteiger partial charge >= 0.3 is 0 Å². The lowest BCUT2D eigenvalue weighted by Crippen LogP contribution is -2.56. The van der Waals surface area contributed by atoms with Crippen molar-refractivity contribution in [2.75, 3.05) is 33.2 Å². The molecular weight excluding hydrogens is 262 g/mol. The van der Waals surface area contributed by atoms with Crippen molar-refractivity contribution in [2.45, 2.75) is 70.4 Å². The smallest absolute Gasteiger partial charge is 0.224 e. The van der Waals surface area contributed by atoms with Gasteiger partial charge in [-0.3, -0.25) is 9.69 Å². The lowest BCUT2D eigenvalue weighted by atomic mass is 9.79. The first-order chi connectivity index (χ1) is 9.86. The van der Waals surface area contributed by atoms with Crippen LogP contribution in [-0.2, 0) is 4.79 Å². The number of carbonyl (C=O) groups is 1. The Hall–Kier alpha value is -0.610. The van der Waals surface area contributed by atoms with Gasteiger partial charge in [0.25, 0.3) is 0 Å². The molecule has 1 heterocycles. The van der Waals surface area contributed by atoms with Gasteiger partial charge in [0.1, 0.15) is 0 Å². The van der Waals surface area contributed by atoms with E-state index in [-0.39, 0.29) is 11.1 Å². The molecule has 4 heteroatoms. The van der Waals surface area contributed by atoms with Crippen LogP contribution in [0.2, 0.25) is 0 Å². The average Bonchev–Trinajstić information content (AvgIpc) is 2.47. The van der Waals surface area contributed by atoms with Crippen LogP contribution >= 0.6 is 0 Å². The number of carbonyl (C=O) groups excluding carboxylic acids is 1. The van der Waals surface area contributed by atoms with E-state index in [1.165, 1.54) is 19.3 Å². The monoisotopic (exact) mass is 295 g/mol. The summed E-state index contributed by atoms with van der Waals surface area (Å²) in [5, 5.41) is 3.46. The maximum atomic E-state index is 12.7. The predicted molar refractivity (Wildman–Crippen MR) is 87.4 cm³/mol. The lowest BCUT2D eigenvalue weighted by Gasteiger charge is -2.44. The predicted octanol–water partition coefficient (Wildman–Crippen LogP) is 2.24. The van der Waals surface area contributed by atoms with E-state index >= 15 is 0 Å². The molecule has 0 bridgehead atoms. The summed E-state index contributed by atoms with van der Waals surface area (Å²) < 4.78 is 0. The molecule has 1 aliphatic carbocycles. The molecule has 0 atom stereocenters. The van der Waals surface area contributed by atoms with E-state index in [0.717, 1.165) is 39.0 Å². The maximum Gasteiger partial charge on any atom is 0.224 e. The van der Waals surface area contributed by atoms with E-state index in [1.54, 1.807) is 0 Å². The fraction of sp³-hybridized carbons (Fsp3) is 0.941. The molecule has 4 nitrogen and oxygen atoms in total. The van der Waals surface area contributed by atoms with Crippen molar-refractivity contribution in [3.8, 4) is 0 Å². The number of piperazine rings is 1. The second-order valence-corrected chi connectivity index (χ2v) is 7.81. The van der Waals surface area contributed by atoms with Crippen LogP contribution in [0.25, 0.3) is 0 Å². The standard InChI is InChI=1S/C17H33N3O/c1-16(2,3)20-12-10-19(11-13-20)15(21)14-17(18-4)8-6-5-7-9-17/h18H,5-14H2,1-4H3. The van der Waals surface area contributed by atoms with Crippen LogP contribution in [0, 0.1) is 0 Å². The Labute approximate surface area is 130 Å². The third-order valence-corrected chi connectivity index (χ3v) is 5.41. The van der Waals surface area contributed by atoms with Crippen molar-refractivity contribution >= 4 is 5.91 Å². The average molecular weight is 295 g/mol. The Morgan fingerprint density at radius 3 is 2.10 bits per heavy atom. The molecule has 0 aromatic carbocycles. The molecule has 122 valence electrons. The van der Waals surface area contributed by atoms with Crippen LogP contribution in [0.4, 0.5) is 0 Å². The molecule has 1 amide bonds. The zero-order valence-corrected chi connectivity index (χ0v) is 14.4. The number of nitrogens with one attached hydrogen (secondary N) is 1. The van der Waals surface area contributed by atoms with Crippen molar-refractivity contribution in [1.29, 1.82) is 0 Å². The van der Waals surface area contributed by atoms with Crippen molar-refractivity contribution in [3.63, 3.8) is 0 Å². The largest absolute Gasteiger partial charge is 0.340 e. The molecule has 1 saturated heterocycles. The van der Waals surface area contributed by atoms with Crippen LogP contribution in [0.3, 0.4) is 0 Å². The Balaban J connectivity index is 1.87. The fourth-order valence-corrected chi connectivity index (χ4v) is 3.77. The molecule has 21 heavy (non-hydrogen) atoms. The second-order valence-electron chi connectivity index (χ2n) is 7.81. The number of rotatable bonds is 3. The number of nitrogens with zero attached hydrogens (tertiary/aromatic N) is 2. The quantitative estimate of drug-likeness (QED) is 0.867. The Morgan fingerprint density at radius 1 is 1.05 bits per heavy atom. The van der Waals surface area contributed by atoms with Gasteiger partial charge in [-0.25, -0.2) is 0 Å². The van der Waals surface area contributed by atoms with Gasteiger partial charge in [-0.15, -0.1) is 0 Å². The van der Waals surface area contributed by atoms with Gasteiger partial charge in [0.05, 0.1) is 0 Å². The molecule has 1 N–H and O–H groups in total. The number of hydrogen-bond acceptors (Lipinski definition) is 3. The van der Waals surface area contributed by atoms with Crippen molar-refractivity contribution in [2.24, 2.45) is 0 Å². The molecule has 0 aromatic heterocycles. The molecule has 0 aromatic rings. The third kappa shape index (κ3) is 4.19. The van der Waals surface area contributed by atoms with Gasteiger partial charge in [-0.1, -0.05) is 19.3 Å². The molecule has 2 rings (SSSR count). The third-order valence-electron chi connectivity index (χ3n) is 5.41. The van der Waals surface area contributed by atoms with E-state index in [0.29, 0.717) is 12.3 Å². The summed E-state index contributed by atoms with van der Waals surface area (Å²) in [5.74, 6) is 0.347.